The monoisotopic (exact) mass is 342 g/mol. The van der Waals surface area contributed by atoms with Gasteiger partial charge in [0.2, 0.25) is 0 Å². The van der Waals surface area contributed by atoms with Gasteiger partial charge in [-0.2, -0.15) is 0 Å². The fraction of sp³-hybridized carbons (Fsp3) is 0.222. The number of aromatic nitrogens is 2. The van der Waals surface area contributed by atoms with Gasteiger partial charge in [0.15, 0.2) is 0 Å². The van der Waals surface area contributed by atoms with Crippen LogP contribution in [0.25, 0.3) is 5.65 Å². The highest BCUT2D eigenvalue weighted by Gasteiger charge is 2.33. The van der Waals surface area contributed by atoms with Crippen molar-refractivity contribution in [3.8, 4) is 0 Å². The van der Waals surface area contributed by atoms with Crippen LogP contribution in [0.3, 0.4) is 0 Å². The van der Waals surface area contributed by atoms with Gasteiger partial charge in [0, 0.05) is 12.2 Å². The molecule has 4 rings (SSSR count). The van der Waals surface area contributed by atoms with Gasteiger partial charge in [0.25, 0.3) is 0 Å². The van der Waals surface area contributed by atoms with E-state index in [0.29, 0.717) is 6.54 Å². The van der Waals surface area contributed by atoms with Crippen molar-refractivity contribution >= 4 is 17.4 Å². The molecule has 0 unspecified atom stereocenters. The van der Waals surface area contributed by atoms with Gasteiger partial charge >= 0.3 is 6.03 Å². The first-order valence-electron chi connectivity index (χ1n) is 8.06. The van der Waals surface area contributed by atoms with Crippen molar-refractivity contribution in [1.29, 1.82) is 0 Å². The molecule has 0 spiro atoms. The third kappa shape index (κ3) is 3.05. The maximum absolute atomic E-state index is 13.8. The number of urea groups is 1. The molecule has 25 heavy (non-hydrogen) atoms. The first-order valence-corrected chi connectivity index (χ1v) is 8.06. The molecule has 7 heteroatoms. The molecular weight excluding hydrogens is 326 g/mol. The van der Waals surface area contributed by atoms with Crippen molar-refractivity contribution in [2.45, 2.75) is 25.4 Å². The van der Waals surface area contributed by atoms with Crippen LogP contribution in [0.15, 0.2) is 48.8 Å². The topological polar surface area (TPSA) is 49.6 Å². The first kappa shape index (κ1) is 15.6. The van der Waals surface area contributed by atoms with Gasteiger partial charge in [-0.25, -0.2) is 18.6 Å². The summed E-state index contributed by atoms with van der Waals surface area (Å²) in [6.45, 7) is 0.317. The Morgan fingerprint density at radius 1 is 1.20 bits per heavy atom. The molecule has 5 nitrogen and oxygen atoms in total. The van der Waals surface area contributed by atoms with Gasteiger partial charge < -0.3 is 14.6 Å². The summed E-state index contributed by atoms with van der Waals surface area (Å²) in [7, 11) is 0. The van der Waals surface area contributed by atoms with Crippen LogP contribution in [0.1, 0.15) is 18.5 Å². The summed E-state index contributed by atoms with van der Waals surface area (Å²) >= 11 is 0. The average Bonchev–Trinajstić information content (AvgIpc) is 3.37. The van der Waals surface area contributed by atoms with E-state index < -0.39 is 23.4 Å². The second-order valence-corrected chi connectivity index (χ2v) is 6.06. The number of carbonyl (C=O) groups is 1. The molecule has 0 atom stereocenters. The molecule has 1 saturated carbocycles. The van der Waals surface area contributed by atoms with Gasteiger partial charge in [0.05, 0.1) is 18.4 Å². The number of rotatable bonds is 4. The highest BCUT2D eigenvalue weighted by Crippen LogP contribution is 2.30. The molecule has 1 aliphatic carbocycles. The number of para-hydroxylation sites is 1. The van der Waals surface area contributed by atoms with Crippen molar-refractivity contribution in [2.24, 2.45) is 0 Å². The highest BCUT2D eigenvalue weighted by molar-refractivity contribution is 5.90. The van der Waals surface area contributed by atoms with Crippen LogP contribution in [0.5, 0.6) is 0 Å². The van der Waals surface area contributed by atoms with Crippen LogP contribution in [-0.4, -0.2) is 26.4 Å². The summed E-state index contributed by atoms with van der Waals surface area (Å²) in [5.74, 6) is -1.59. The van der Waals surface area contributed by atoms with E-state index in [1.165, 1.54) is 6.07 Å². The van der Waals surface area contributed by atoms with E-state index in [2.05, 4.69) is 10.3 Å². The van der Waals surface area contributed by atoms with Crippen molar-refractivity contribution in [2.75, 3.05) is 5.32 Å². The minimum Gasteiger partial charge on any atom is -0.316 e. The lowest BCUT2D eigenvalue weighted by Gasteiger charge is -2.23. The molecule has 0 saturated heterocycles. The van der Waals surface area contributed by atoms with E-state index in [0.717, 1.165) is 36.3 Å². The molecule has 1 fully saturated rings. The van der Waals surface area contributed by atoms with Crippen LogP contribution in [0.2, 0.25) is 0 Å². The van der Waals surface area contributed by atoms with Gasteiger partial charge in [-0.05, 0) is 37.1 Å². The Labute approximate surface area is 142 Å². The van der Waals surface area contributed by atoms with Crippen molar-refractivity contribution in [1.82, 2.24) is 14.3 Å². The van der Waals surface area contributed by atoms with Crippen molar-refractivity contribution < 1.29 is 13.6 Å². The Morgan fingerprint density at radius 2 is 1.96 bits per heavy atom. The number of imidazole rings is 1. The third-order valence-electron chi connectivity index (χ3n) is 4.27. The lowest BCUT2D eigenvalue weighted by atomic mass is 10.3. The summed E-state index contributed by atoms with van der Waals surface area (Å²) in [6.07, 6.45) is 5.34. The van der Waals surface area contributed by atoms with Crippen LogP contribution in [-0.2, 0) is 6.54 Å². The zero-order valence-electron chi connectivity index (χ0n) is 13.3. The largest absolute Gasteiger partial charge is 0.322 e. The van der Waals surface area contributed by atoms with Gasteiger partial charge in [-0.1, -0.05) is 12.1 Å². The summed E-state index contributed by atoms with van der Waals surface area (Å²) in [4.78, 5) is 18.5. The number of anilines is 1. The number of nitrogens with one attached hydrogen (secondary N) is 1. The molecule has 1 aromatic carbocycles. The molecule has 1 aliphatic rings. The molecule has 0 aliphatic heterocycles. The molecule has 0 bridgehead atoms. The van der Waals surface area contributed by atoms with Crippen LogP contribution < -0.4 is 5.32 Å². The zero-order valence-corrected chi connectivity index (χ0v) is 13.3. The standard InChI is InChI=1S/C18H16F2N4O/c19-14-4-3-5-15(20)17(14)22-18(25)24(12-7-8-12)11-13-10-21-16-6-1-2-9-23(13)16/h1-6,9-10,12H,7-8,11H2,(H,22,25). The summed E-state index contributed by atoms with van der Waals surface area (Å²) in [5.41, 5.74) is 1.21. The van der Waals surface area contributed by atoms with E-state index in [4.69, 9.17) is 0 Å². The van der Waals surface area contributed by atoms with E-state index in [-0.39, 0.29) is 6.04 Å². The second kappa shape index (κ2) is 6.16. The van der Waals surface area contributed by atoms with Gasteiger partial charge in [-0.15, -0.1) is 0 Å². The maximum atomic E-state index is 13.8. The Balaban J connectivity index is 1.58. The fourth-order valence-electron chi connectivity index (χ4n) is 2.83. The SMILES string of the molecule is O=C(Nc1c(F)cccc1F)N(Cc1cnc2ccccn12)C1CC1. The first-order chi connectivity index (χ1) is 12.1. The lowest BCUT2D eigenvalue weighted by Crippen LogP contribution is -2.37. The van der Waals surface area contributed by atoms with Crippen LogP contribution in [0, 0.1) is 11.6 Å². The Bertz CT molecular complexity index is 915. The third-order valence-corrected chi connectivity index (χ3v) is 4.27. The quantitative estimate of drug-likeness (QED) is 0.784. The van der Waals surface area contributed by atoms with E-state index in [9.17, 15) is 13.6 Å². The number of fused-ring (bicyclic) bond motifs is 1. The number of amides is 2. The molecule has 2 aromatic heterocycles. The smallest absolute Gasteiger partial charge is 0.316 e. The predicted octanol–water partition coefficient (Wildman–Crippen LogP) is 3.81. The second-order valence-electron chi connectivity index (χ2n) is 6.06. The van der Waals surface area contributed by atoms with Crippen LogP contribution >= 0.6 is 0 Å². The average molecular weight is 342 g/mol. The number of carbonyl (C=O) groups excluding carboxylic acids is 1. The molecule has 0 radical (unpaired) electrons. The molecule has 128 valence electrons. The van der Waals surface area contributed by atoms with Gasteiger partial charge in [-0.3, -0.25) is 0 Å². The minimum absolute atomic E-state index is 0.0732. The minimum atomic E-state index is -0.793. The van der Waals surface area contributed by atoms with E-state index in [1.54, 1.807) is 11.1 Å². The van der Waals surface area contributed by atoms with Crippen LogP contribution in [0.4, 0.5) is 19.3 Å². The predicted molar refractivity (Wildman–Crippen MR) is 89.1 cm³/mol. The highest BCUT2D eigenvalue weighted by atomic mass is 19.1. The molecule has 2 amide bonds. The summed E-state index contributed by atoms with van der Waals surface area (Å²) in [5, 5.41) is 2.37. The normalized spacial score (nSPS) is 13.8. The van der Waals surface area contributed by atoms with Crippen molar-refractivity contribution in [3.63, 3.8) is 0 Å². The van der Waals surface area contributed by atoms with Gasteiger partial charge in [0.1, 0.15) is 23.0 Å². The molecular formula is C18H16F2N4O. The number of hydrogen-bond donors (Lipinski definition) is 1. The summed E-state index contributed by atoms with van der Waals surface area (Å²) in [6, 6.07) is 8.70. The number of nitrogens with zero attached hydrogens (tertiary/aromatic N) is 3. The van der Waals surface area contributed by atoms with E-state index >= 15 is 0 Å². The Hall–Kier alpha value is -2.96. The van der Waals surface area contributed by atoms with E-state index in [1.807, 2.05) is 28.8 Å². The molecule has 3 aromatic rings. The molecule has 1 N–H and O–H groups in total. The fourth-order valence-corrected chi connectivity index (χ4v) is 2.83. The number of pyridine rings is 1. The maximum Gasteiger partial charge on any atom is 0.322 e. The zero-order chi connectivity index (χ0) is 17.4. The summed E-state index contributed by atoms with van der Waals surface area (Å²) < 4.78 is 29.5. The Morgan fingerprint density at radius 3 is 2.68 bits per heavy atom. The molecule has 2 heterocycles. The number of hydrogen-bond acceptors (Lipinski definition) is 2. The lowest BCUT2D eigenvalue weighted by molar-refractivity contribution is 0.205. The number of halogens is 2. The van der Waals surface area contributed by atoms with Crippen molar-refractivity contribution in [3.05, 3.63) is 66.1 Å². The number of benzene rings is 1. The Kier molecular flexibility index (Phi) is 3.83.